The molecule has 2 aliphatic heterocycles. The first-order valence-corrected chi connectivity index (χ1v) is 4.75. The number of carboxylic acids is 1. The quantitative estimate of drug-likeness (QED) is 0.590. The van der Waals surface area contributed by atoms with Crippen molar-refractivity contribution in [3.63, 3.8) is 0 Å². The molecule has 1 saturated heterocycles. The van der Waals surface area contributed by atoms with Gasteiger partial charge in [-0.2, -0.15) is 0 Å². The molecule has 2 aliphatic rings. The Labute approximate surface area is 78.0 Å². The number of β-lactam (4-membered cyclic amide) rings is 1. The topological polar surface area (TPSA) is 77.8 Å². The number of amides is 1. The zero-order valence-electron chi connectivity index (χ0n) is 6.56. The number of carbonyl (C=O) groups is 2. The first-order chi connectivity index (χ1) is 6.11. The third kappa shape index (κ3) is 1.09. The molecule has 0 aromatic carbocycles. The summed E-state index contributed by atoms with van der Waals surface area (Å²) in [4.78, 5) is 22.9. The Hall–Kier alpha value is -1.17. The van der Waals surface area contributed by atoms with Gasteiger partial charge in [0.2, 0.25) is 5.91 Å². The number of carboxylic acid groups (broad SMARTS) is 1. The Morgan fingerprint density at radius 3 is 2.77 bits per heavy atom. The lowest BCUT2D eigenvalue weighted by molar-refractivity contribution is -0.146. The normalized spacial score (nSPS) is 26.9. The van der Waals surface area contributed by atoms with Gasteiger partial charge in [-0.1, -0.05) is 0 Å². The molecule has 13 heavy (non-hydrogen) atoms. The third-order valence-electron chi connectivity index (χ3n) is 2.04. The standard InChI is InChI=1S/C7H7NO4S/c9-3-2-13-5-1-4(10)8(5)6(3)7(11)12/h5,9H,1-2H2,(H,11,12)/t5-/m1/s1. The maximum atomic E-state index is 11.0. The van der Waals surface area contributed by atoms with Crippen molar-refractivity contribution < 1.29 is 19.8 Å². The molecule has 0 bridgehead atoms. The van der Waals surface area contributed by atoms with Crippen LogP contribution < -0.4 is 0 Å². The Bertz CT molecular complexity index is 324. The van der Waals surface area contributed by atoms with Crippen molar-refractivity contribution in [3.8, 4) is 0 Å². The van der Waals surface area contributed by atoms with Gasteiger partial charge < -0.3 is 10.2 Å². The number of aliphatic hydroxyl groups is 1. The number of hydrogen-bond donors (Lipinski definition) is 2. The van der Waals surface area contributed by atoms with E-state index in [2.05, 4.69) is 0 Å². The Balaban J connectivity index is 2.37. The highest BCUT2D eigenvalue weighted by molar-refractivity contribution is 8.00. The summed E-state index contributed by atoms with van der Waals surface area (Å²) in [6.07, 6.45) is 0.370. The van der Waals surface area contributed by atoms with Gasteiger partial charge >= 0.3 is 5.97 Å². The van der Waals surface area contributed by atoms with Gasteiger partial charge in [-0.25, -0.2) is 4.79 Å². The van der Waals surface area contributed by atoms with Crippen LogP contribution in [0.5, 0.6) is 0 Å². The molecule has 0 aliphatic carbocycles. The Morgan fingerprint density at radius 1 is 1.62 bits per heavy atom. The summed E-state index contributed by atoms with van der Waals surface area (Å²) in [5, 5.41) is 17.9. The van der Waals surface area contributed by atoms with E-state index in [0.29, 0.717) is 6.42 Å². The highest BCUT2D eigenvalue weighted by Crippen LogP contribution is 2.38. The molecule has 0 spiro atoms. The summed E-state index contributed by atoms with van der Waals surface area (Å²) in [6.45, 7) is 0. The predicted molar refractivity (Wildman–Crippen MR) is 45.0 cm³/mol. The number of nitrogens with zero attached hydrogens (tertiary/aromatic N) is 1. The van der Waals surface area contributed by atoms with E-state index in [9.17, 15) is 14.7 Å². The number of carbonyl (C=O) groups excluding carboxylic acids is 1. The average molecular weight is 201 g/mol. The van der Waals surface area contributed by atoms with Crippen molar-refractivity contribution in [1.29, 1.82) is 0 Å². The zero-order valence-corrected chi connectivity index (χ0v) is 7.37. The van der Waals surface area contributed by atoms with Gasteiger partial charge in [-0.3, -0.25) is 9.69 Å². The Kier molecular flexibility index (Phi) is 1.73. The summed E-state index contributed by atoms with van der Waals surface area (Å²) in [6, 6.07) is 0. The minimum absolute atomic E-state index is 0.0884. The smallest absolute Gasteiger partial charge is 0.356 e. The van der Waals surface area contributed by atoms with E-state index in [1.165, 1.54) is 11.8 Å². The van der Waals surface area contributed by atoms with Crippen LogP contribution in [-0.2, 0) is 9.59 Å². The molecular formula is C7H7NO4S. The van der Waals surface area contributed by atoms with Gasteiger partial charge in [0, 0.05) is 0 Å². The monoisotopic (exact) mass is 201 g/mol. The lowest BCUT2D eigenvalue weighted by Gasteiger charge is -2.42. The molecule has 6 heteroatoms. The highest BCUT2D eigenvalue weighted by atomic mass is 32.2. The van der Waals surface area contributed by atoms with Gasteiger partial charge in [-0.05, 0) is 0 Å². The van der Waals surface area contributed by atoms with Gasteiger partial charge in [-0.15, -0.1) is 11.8 Å². The third-order valence-corrected chi connectivity index (χ3v) is 3.24. The molecule has 0 aromatic heterocycles. The van der Waals surface area contributed by atoms with Crippen LogP contribution in [0.1, 0.15) is 6.42 Å². The second kappa shape index (κ2) is 2.66. The molecule has 0 radical (unpaired) electrons. The molecule has 2 N–H and O–H groups in total. The summed E-state index contributed by atoms with van der Waals surface area (Å²) in [7, 11) is 0. The summed E-state index contributed by atoms with van der Waals surface area (Å²) < 4.78 is 0. The maximum Gasteiger partial charge on any atom is 0.356 e. The zero-order chi connectivity index (χ0) is 9.59. The predicted octanol–water partition coefficient (Wildman–Crippen LogP) is 0.146. The second-order valence-electron chi connectivity index (χ2n) is 2.83. The molecule has 1 atom stereocenters. The van der Waals surface area contributed by atoms with Crippen molar-refractivity contribution >= 4 is 23.6 Å². The second-order valence-corrected chi connectivity index (χ2v) is 4.00. The summed E-state index contributed by atoms with van der Waals surface area (Å²) in [5.74, 6) is -1.42. The Morgan fingerprint density at radius 2 is 2.31 bits per heavy atom. The van der Waals surface area contributed by atoms with E-state index < -0.39 is 5.97 Å². The van der Waals surface area contributed by atoms with Crippen LogP contribution in [0.2, 0.25) is 0 Å². The van der Waals surface area contributed by atoms with E-state index >= 15 is 0 Å². The van der Waals surface area contributed by atoms with Crippen molar-refractivity contribution in [2.45, 2.75) is 11.8 Å². The largest absolute Gasteiger partial charge is 0.509 e. The molecule has 2 heterocycles. The molecule has 0 aromatic rings. The minimum atomic E-state index is -1.24. The van der Waals surface area contributed by atoms with Crippen molar-refractivity contribution in [3.05, 3.63) is 11.5 Å². The van der Waals surface area contributed by atoms with E-state index in [1.54, 1.807) is 0 Å². The van der Waals surface area contributed by atoms with Crippen LogP contribution in [-0.4, -0.2) is 38.1 Å². The first kappa shape index (κ1) is 8.43. The lowest BCUT2D eigenvalue weighted by atomic mass is 10.1. The van der Waals surface area contributed by atoms with Crippen LogP contribution in [0.25, 0.3) is 0 Å². The molecule has 1 amide bonds. The van der Waals surface area contributed by atoms with Crippen LogP contribution in [0.15, 0.2) is 11.5 Å². The van der Waals surface area contributed by atoms with Crippen molar-refractivity contribution in [2.24, 2.45) is 0 Å². The van der Waals surface area contributed by atoms with Crippen LogP contribution in [0, 0.1) is 0 Å². The highest BCUT2D eigenvalue weighted by Gasteiger charge is 2.45. The lowest BCUT2D eigenvalue weighted by Crippen LogP contribution is -2.53. The summed E-state index contributed by atoms with van der Waals surface area (Å²) >= 11 is 1.38. The maximum absolute atomic E-state index is 11.0. The fraction of sp³-hybridized carbons (Fsp3) is 0.429. The molecule has 0 unspecified atom stereocenters. The number of aliphatic carboxylic acids is 1. The average Bonchev–Trinajstić information content (AvgIpc) is 2.05. The number of aliphatic hydroxyl groups excluding tert-OH is 1. The van der Waals surface area contributed by atoms with Crippen LogP contribution in [0.4, 0.5) is 0 Å². The molecule has 0 saturated carbocycles. The van der Waals surface area contributed by atoms with Gasteiger partial charge in [0.05, 0.1) is 17.5 Å². The molecule has 70 valence electrons. The first-order valence-electron chi connectivity index (χ1n) is 3.70. The number of rotatable bonds is 1. The van der Waals surface area contributed by atoms with E-state index in [4.69, 9.17) is 5.11 Å². The fourth-order valence-corrected chi connectivity index (χ4v) is 2.52. The minimum Gasteiger partial charge on any atom is -0.509 e. The van der Waals surface area contributed by atoms with Crippen molar-refractivity contribution in [1.82, 2.24) is 4.90 Å². The van der Waals surface area contributed by atoms with E-state index in [1.807, 2.05) is 0 Å². The van der Waals surface area contributed by atoms with Gasteiger partial charge in [0.15, 0.2) is 5.70 Å². The SMILES string of the molecule is O=C(O)C1=C(O)CS[C@@H]2CC(=O)N12. The summed E-state index contributed by atoms with van der Waals surface area (Å²) in [5.41, 5.74) is -0.250. The number of hydrogen-bond acceptors (Lipinski definition) is 4. The van der Waals surface area contributed by atoms with E-state index in [0.717, 1.165) is 4.90 Å². The van der Waals surface area contributed by atoms with Crippen LogP contribution in [0.3, 0.4) is 0 Å². The van der Waals surface area contributed by atoms with E-state index in [-0.39, 0.29) is 28.5 Å². The molecular weight excluding hydrogens is 194 g/mol. The van der Waals surface area contributed by atoms with Crippen molar-refractivity contribution in [2.75, 3.05) is 5.75 Å². The number of fused-ring (bicyclic) bond motifs is 1. The van der Waals surface area contributed by atoms with Gasteiger partial charge in [0.25, 0.3) is 0 Å². The molecule has 5 nitrogen and oxygen atoms in total. The number of thioether (sulfide) groups is 1. The molecule has 2 rings (SSSR count). The van der Waals surface area contributed by atoms with Gasteiger partial charge in [0.1, 0.15) is 5.76 Å². The fourth-order valence-electron chi connectivity index (χ4n) is 1.40. The van der Waals surface area contributed by atoms with Crippen LogP contribution >= 0.6 is 11.8 Å². The molecule has 1 fully saturated rings.